The Morgan fingerprint density at radius 3 is 2.67 bits per heavy atom. The van der Waals surface area contributed by atoms with Gasteiger partial charge in [0.1, 0.15) is 6.26 Å². The number of ether oxygens (including phenoxy) is 1. The summed E-state index contributed by atoms with van der Waals surface area (Å²) in [7, 11) is 0. The first-order valence-electron chi connectivity index (χ1n) is 9.99. The molecule has 1 aliphatic heterocycles. The molecular formula is C21H26F3N3O3. The van der Waals surface area contributed by atoms with E-state index in [1.807, 2.05) is 18.7 Å². The van der Waals surface area contributed by atoms with E-state index in [0.717, 1.165) is 12.5 Å². The van der Waals surface area contributed by atoms with Crippen LogP contribution in [0.15, 0.2) is 34.9 Å². The molecule has 0 saturated carbocycles. The van der Waals surface area contributed by atoms with Gasteiger partial charge in [0.2, 0.25) is 5.89 Å². The van der Waals surface area contributed by atoms with Gasteiger partial charge in [0.25, 0.3) is 5.91 Å². The number of hydrogen-bond donors (Lipinski definition) is 0. The van der Waals surface area contributed by atoms with Crippen LogP contribution in [0.2, 0.25) is 0 Å². The summed E-state index contributed by atoms with van der Waals surface area (Å²) in [6.07, 6.45) is -2.24. The molecule has 164 valence electrons. The highest BCUT2D eigenvalue weighted by Gasteiger charge is 2.30. The second kappa shape index (κ2) is 9.61. The zero-order valence-electron chi connectivity index (χ0n) is 17.1. The molecule has 1 atom stereocenters. The van der Waals surface area contributed by atoms with Crippen molar-refractivity contribution in [2.24, 2.45) is 0 Å². The number of alkyl halides is 3. The number of nitrogens with zero attached hydrogens (tertiary/aromatic N) is 3. The zero-order chi connectivity index (χ0) is 21.7. The summed E-state index contributed by atoms with van der Waals surface area (Å²) >= 11 is 0. The molecule has 3 rings (SSSR count). The Labute approximate surface area is 173 Å². The van der Waals surface area contributed by atoms with Gasteiger partial charge >= 0.3 is 6.18 Å². The third-order valence-corrected chi connectivity index (χ3v) is 5.26. The lowest BCUT2D eigenvalue weighted by Crippen LogP contribution is -2.40. The Morgan fingerprint density at radius 1 is 1.27 bits per heavy atom. The van der Waals surface area contributed by atoms with E-state index in [1.165, 1.54) is 18.4 Å². The number of rotatable bonds is 7. The standard InChI is InChI=1S/C21H26F3N3O3/c1-3-15(2)27(12-16-5-4-6-17(11-16)21(22,23)24)13-19-25-18(14-30-19)20(28)26-7-9-29-10-8-26/h4-6,11,14-15H,3,7-10,12-13H2,1-2H3. The second-order valence-corrected chi connectivity index (χ2v) is 7.39. The molecule has 1 unspecified atom stereocenters. The number of amides is 1. The van der Waals surface area contributed by atoms with Crippen LogP contribution in [0.4, 0.5) is 13.2 Å². The van der Waals surface area contributed by atoms with Gasteiger partial charge in [-0.1, -0.05) is 25.1 Å². The molecule has 1 fully saturated rings. The highest BCUT2D eigenvalue weighted by Crippen LogP contribution is 2.30. The summed E-state index contributed by atoms with van der Waals surface area (Å²) in [4.78, 5) is 20.5. The molecule has 0 N–H and O–H groups in total. The Bertz CT molecular complexity index is 847. The van der Waals surface area contributed by atoms with E-state index in [4.69, 9.17) is 9.15 Å². The molecule has 2 aromatic rings. The lowest BCUT2D eigenvalue weighted by Gasteiger charge is -2.27. The minimum absolute atomic E-state index is 0.0878. The Kier molecular flexibility index (Phi) is 7.14. The first kappa shape index (κ1) is 22.3. The largest absolute Gasteiger partial charge is 0.447 e. The number of carbonyl (C=O) groups excluding carboxylic acids is 1. The minimum atomic E-state index is -4.38. The van der Waals surface area contributed by atoms with Crippen LogP contribution in [0.1, 0.15) is 47.8 Å². The summed E-state index contributed by atoms with van der Waals surface area (Å²) in [5.41, 5.74) is 0.120. The van der Waals surface area contributed by atoms with Crippen LogP contribution in [-0.4, -0.2) is 53.0 Å². The lowest BCUT2D eigenvalue weighted by molar-refractivity contribution is -0.137. The SMILES string of the molecule is CCC(C)N(Cc1cccc(C(F)(F)F)c1)Cc1nc(C(=O)N2CCOCC2)co1. The van der Waals surface area contributed by atoms with Crippen LogP contribution in [0.5, 0.6) is 0 Å². The van der Waals surface area contributed by atoms with E-state index in [9.17, 15) is 18.0 Å². The van der Waals surface area contributed by atoms with E-state index in [1.54, 1.807) is 11.0 Å². The van der Waals surface area contributed by atoms with Crippen molar-refractivity contribution in [2.75, 3.05) is 26.3 Å². The second-order valence-electron chi connectivity index (χ2n) is 7.39. The van der Waals surface area contributed by atoms with E-state index in [0.29, 0.717) is 50.8 Å². The fraction of sp³-hybridized carbons (Fsp3) is 0.524. The number of carbonyl (C=O) groups is 1. The van der Waals surface area contributed by atoms with Crippen molar-refractivity contribution in [3.63, 3.8) is 0 Å². The van der Waals surface area contributed by atoms with Gasteiger partial charge in [0.15, 0.2) is 5.69 Å². The molecule has 1 aromatic heterocycles. The fourth-order valence-electron chi connectivity index (χ4n) is 3.29. The normalized spacial score (nSPS) is 16.1. The highest BCUT2D eigenvalue weighted by atomic mass is 19.4. The van der Waals surface area contributed by atoms with Gasteiger partial charge in [0, 0.05) is 25.7 Å². The van der Waals surface area contributed by atoms with Gasteiger partial charge in [-0.15, -0.1) is 0 Å². The Hall–Kier alpha value is -2.39. The van der Waals surface area contributed by atoms with Crippen LogP contribution in [-0.2, 0) is 24.0 Å². The molecule has 1 aliphatic rings. The van der Waals surface area contributed by atoms with Gasteiger partial charge in [-0.3, -0.25) is 9.69 Å². The Morgan fingerprint density at radius 2 is 2.00 bits per heavy atom. The number of morpholine rings is 1. The van der Waals surface area contributed by atoms with Crippen molar-refractivity contribution >= 4 is 5.91 Å². The average molecular weight is 425 g/mol. The van der Waals surface area contributed by atoms with Gasteiger partial charge in [-0.2, -0.15) is 13.2 Å². The predicted molar refractivity (Wildman–Crippen MR) is 104 cm³/mol. The van der Waals surface area contributed by atoms with Crippen molar-refractivity contribution in [2.45, 2.75) is 45.6 Å². The maximum absolute atomic E-state index is 13.0. The summed E-state index contributed by atoms with van der Waals surface area (Å²) in [5, 5.41) is 0. The molecule has 2 heterocycles. The zero-order valence-corrected chi connectivity index (χ0v) is 17.1. The van der Waals surface area contributed by atoms with E-state index in [2.05, 4.69) is 4.98 Å². The number of oxazole rings is 1. The van der Waals surface area contributed by atoms with Crippen LogP contribution in [0, 0.1) is 0 Å². The molecule has 1 saturated heterocycles. The van der Waals surface area contributed by atoms with Gasteiger partial charge < -0.3 is 14.1 Å². The predicted octanol–water partition coefficient (Wildman–Crippen LogP) is 3.97. The molecule has 0 spiro atoms. The van der Waals surface area contributed by atoms with Crippen LogP contribution < -0.4 is 0 Å². The third kappa shape index (κ3) is 5.60. The van der Waals surface area contributed by atoms with E-state index >= 15 is 0 Å². The molecule has 1 amide bonds. The van der Waals surface area contributed by atoms with Crippen molar-refractivity contribution in [1.29, 1.82) is 0 Å². The molecule has 0 radical (unpaired) electrons. The maximum atomic E-state index is 13.0. The summed E-state index contributed by atoms with van der Waals surface area (Å²) in [5.74, 6) is 0.153. The van der Waals surface area contributed by atoms with E-state index in [-0.39, 0.29) is 17.6 Å². The smallest absolute Gasteiger partial charge is 0.416 e. The molecule has 0 aliphatic carbocycles. The number of benzene rings is 1. The first-order valence-corrected chi connectivity index (χ1v) is 9.99. The summed E-state index contributed by atoms with van der Waals surface area (Å²) in [6, 6.07) is 5.41. The minimum Gasteiger partial charge on any atom is -0.447 e. The van der Waals surface area contributed by atoms with Gasteiger partial charge in [-0.05, 0) is 25.0 Å². The average Bonchev–Trinajstić information content (AvgIpc) is 3.21. The quantitative estimate of drug-likeness (QED) is 0.672. The molecule has 30 heavy (non-hydrogen) atoms. The number of aromatic nitrogens is 1. The van der Waals surface area contributed by atoms with Gasteiger partial charge in [-0.25, -0.2) is 4.98 Å². The van der Waals surface area contributed by atoms with Crippen molar-refractivity contribution in [3.8, 4) is 0 Å². The van der Waals surface area contributed by atoms with Crippen molar-refractivity contribution in [1.82, 2.24) is 14.8 Å². The maximum Gasteiger partial charge on any atom is 0.416 e. The number of hydrogen-bond acceptors (Lipinski definition) is 5. The van der Waals surface area contributed by atoms with Crippen molar-refractivity contribution < 1.29 is 27.1 Å². The summed E-state index contributed by atoms with van der Waals surface area (Å²) in [6.45, 7) is 6.62. The Balaban J connectivity index is 1.71. The van der Waals surface area contributed by atoms with Crippen LogP contribution in [0.25, 0.3) is 0 Å². The lowest BCUT2D eigenvalue weighted by atomic mass is 10.1. The molecular weight excluding hydrogens is 399 g/mol. The molecule has 1 aromatic carbocycles. The highest BCUT2D eigenvalue weighted by molar-refractivity contribution is 5.92. The van der Waals surface area contributed by atoms with Crippen LogP contribution in [0.3, 0.4) is 0 Å². The summed E-state index contributed by atoms with van der Waals surface area (Å²) < 4.78 is 49.8. The topological polar surface area (TPSA) is 58.8 Å². The molecule has 6 nitrogen and oxygen atoms in total. The molecule has 9 heteroatoms. The molecule has 0 bridgehead atoms. The van der Waals surface area contributed by atoms with Crippen LogP contribution >= 0.6 is 0 Å². The van der Waals surface area contributed by atoms with Gasteiger partial charge in [0.05, 0.1) is 25.3 Å². The first-order chi connectivity index (χ1) is 14.3. The van der Waals surface area contributed by atoms with Crippen molar-refractivity contribution in [3.05, 3.63) is 53.2 Å². The number of halogens is 3. The third-order valence-electron chi connectivity index (χ3n) is 5.26. The fourth-order valence-corrected chi connectivity index (χ4v) is 3.29. The monoisotopic (exact) mass is 425 g/mol. The van der Waals surface area contributed by atoms with E-state index < -0.39 is 11.7 Å².